The summed E-state index contributed by atoms with van der Waals surface area (Å²) < 4.78 is 0. The van der Waals surface area contributed by atoms with E-state index in [0.29, 0.717) is 13.0 Å². The van der Waals surface area contributed by atoms with Crippen LogP contribution in [0.25, 0.3) is 0 Å². The molecule has 6 heteroatoms. The number of nitrogens with zero attached hydrogens (tertiary/aromatic N) is 1. The normalized spacial score (nSPS) is 23.7. The van der Waals surface area contributed by atoms with Crippen molar-refractivity contribution in [3.8, 4) is 0 Å². The van der Waals surface area contributed by atoms with Crippen LogP contribution in [0.2, 0.25) is 0 Å². The number of carboxylic acid groups (broad SMARTS) is 1. The van der Waals surface area contributed by atoms with E-state index < -0.39 is 17.8 Å². The van der Waals surface area contributed by atoms with E-state index in [1.807, 2.05) is 0 Å². The van der Waals surface area contributed by atoms with Gasteiger partial charge in [-0.1, -0.05) is 6.92 Å². The highest BCUT2D eigenvalue weighted by molar-refractivity contribution is 5.89. The van der Waals surface area contributed by atoms with E-state index in [9.17, 15) is 14.4 Å². The number of amides is 2. The van der Waals surface area contributed by atoms with Crippen molar-refractivity contribution in [1.29, 1.82) is 0 Å². The van der Waals surface area contributed by atoms with Crippen molar-refractivity contribution >= 4 is 17.8 Å². The molecule has 0 saturated heterocycles. The molecule has 0 radical (unpaired) electrons. The summed E-state index contributed by atoms with van der Waals surface area (Å²) in [5.41, 5.74) is 0. The Morgan fingerprint density at radius 2 is 2.00 bits per heavy atom. The second-order valence-electron chi connectivity index (χ2n) is 4.52. The van der Waals surface area contributed by atoms with Crippen molar-refractivity contribution in [2.75, 3.05) is 20.6 Å². The van der Waals surface area contributed by atoms with E-state index in [2.05, 4.69) is 5.32 Å². The van der Waals surface area contributed by atoms with Crippen molar-refractivity contribution in [3.05, 3.63) is 0 Å². The third-order valence-corrected chi connectivity index (χ3v) is 3.04. The van der Waals surface area contributed by atoms with Gasteiger partial charge in [-0.05, 0) is 6.42 Å². The molecular formula is C11H18N2O4. The van der Waals surface area contributed by atoms with Gasteiger partial charge in [-0.25, -0.2) is 0 Å². The van der Waals surface area contributed by atoms with Crippen molar-refractivity contribution in [2.45, 2.75) is 13.3 Å². The highest BCUT2D eigenvalue weighted by atomic mass is 16.4. The van der Waals surface area contributed by atoms with E-state index in [1.54, 1.807) is 21.0 Å². The summed E-state index contributed by atoms with van der Waals surface area (Å²) in [5.74, 6) is -2.48. The zero-order chi connectivity index (χ0) is 13.2. The Morgan fingerprint density at radius 3 is 2.41 bits per heavy atom. The lowest BCUT2D eigenvalue weighted by Crippen LogP contribution is -2.38. The number of carbonyl (C=O) groups excluding carboxylic acids is 2. The molecule has 3 atom stereocenters. The zero-order valence-corrected chi connectivity index (χ0v) is 10.3. The van der Waals surface area contributed by atoms with Gasteiger partial charge in [-0.3, -0.25) is 14.4 Å². The lowest BCUT2D eigenvalue weighted by Gasteiger charge is -2.20. The molecule has 0 spiro atoms. The van der Waals surface area contributed by atoms with Gasteiger partial charge >= 0.3 is 5.97 Å². The first-order valence-electron chi connectivity index (χ1n) is 5.57. The van der Waals surface area contributed by atoms with Crippen LogP contribution in [-0.4, -0.2) is 48.4 Å². The number of hydrogen-bond donors (Lipinski definition) is 2. The van der Waals surface area contributed by atoms with Crippen molar-refractivity contribution in [2.24, 2.45) is 17.8 Å². The van der Waals surface area contributed by atoms with Gasteiger partial charge in [-0.15, -0.1) is 0 Å². The summed E-state index contributed by atoms with van der Waals surface area (Å²) in [7, 11) is 3.14. The maximum Gasteiger partial charge on any atom is 0.307 e. The van der Waals surface area contributed by atoms with Gasteiger partial charge in [-0.2, -0.15) is 0 Å². The molecule has 2 N–H and O–H groups in total. The second-order valence-corrected chi connectivity index (χ2v) is 4.52. The molecule has 17 heavy (non-hydrogen) atoms. The van der Waals surface area contributed by atoms with Gasteiger partial charge in [0.2, 0.25) is 11.8 Å². The minimum absolute atomic E-state index is 0.129. The van der Waals surface area contributed by atoms with Crippen molar-refractivity contribution < 1.29 is 19.5 Å². The molecule has 0 aromatic rings. The average molecular weight is 242 g/mol. The molecule has 0 bridgehead atoms. The van der Waals surface area contributed by atoms with Crippen molar-refractivity contribution in [1.82, 2.24) is 10.2 Å². The van der Waals surface area contributed by atoms with E-state index in [4.69, 9.17) is 5.11 Å². The monoisotopic (exact) mass is 242 g/mol. The average Bonchev–Trinajstić information content (AvgIpc) is 3.06. The van der Waals surface area contributed by atoms with Gasteiger partial charge in [0.1, 0.15) is 0 Å². The predicted molar refractivity (Wildman–Crippen MR) is 60.1 cm³/mol. The highest BCUT2D eigenvalue weighted by Crippen LogP contribution is 2.39. The first-order valence-corrected chi connectivity index (χ1v) is 5.57. The first-order chi connectivity index (χ1) is 7.88. The Morgan fingerprint density at radius 1 is 1.41 bits per heavy atom. The van der Waals surface area contributed by atoms with Crippen LogP contribution in [0.3, 0.4) is 0 Å². The third kappa shape index (κ3) is 3.18. The molecule has 6 nitrogen and oxygen atoms in total. The largest absolute Gasteiger partial charge is 0.481 e. The molecular weight excluding hydrogens is 224 g/mol. The minimum atomic E-state index is -0.920. The number of rotatable bonds is 5. The molecule has 0 heterocycles. The fourth-order valence-electron chi connectivity index (χ4n) is 1.85. The predicted octanol–water partition coefficient (Wildman–Crippen LogP) is -0.452. The summed E-state index contributed by atoms with van der Waals surface area (Å²) in [6, 6.07) is 0. The van der Waals surface area contributed by atoms with Gasteiger partial charge in [0.15, 0.2) is 0 Å². The van der Waals surface area contributed by atoms with E-state index in [-0.39, 0.29) is 17.7 Å². The third-order valence-electron chi connectivity index (χ3n) is 3.04. The second kappa shape index (κ2) is 5.16. The fraction of sp³-hybridized carbons (Fsp3) is 0.727. The molecule has 2 amide bonds. The Balaban J connectivity index is 2.44. The summed E-state index contributed by atoms with van der Waals surface area (Å²) in [5, 5.41) is 11.2. The Bertz CT molecular complexity index is 342. The standard InChI is InChI=1S/C11H18N2O4/c1-6(9(14)12-2)5-13(3)10(15)7-4-8(7)11(16)17/h6-8H,4-5H2,1-3H3,(H,12,14)(H,16,17)/t6?,7-,8+/m1/s1. The quantitative estimate of drug-likeness (QED) is 0.683. The zero-order valence-electron chi connectivity index (χ0n) is 10.3. The molecule has 1 rings (SSSR count). The number of nitrogens with one attached hydrogen (secondary N) is 1. The summed E-state index contributed by atoms with van der Waals surface area (Å²) in [6.07, 6.45) is 0.410. The number of hydrogen-bond acceptors (Lipinski definition) is 3. The van der Waals surface area contributed by atoms with Crippen LogP contribution >= 0.6 is 0 Å². The molecule has 1 aliphatic rings. The van der Waals surface area contributed by atoms with Gasteiger partial charge in [0.05, 0.1) is 17.8 Å². The van der Waals surface area contributed by atoms with Crippen molar-refractivity contribution in [3.63, 3.8) is 0 Å². The van der Waals surface area contributed by atoms with Crippen LogP contribution in [0.1, 0.15) is 13.3 Å². The first kappa shape index (κ1) is 13.5. The number of carbonyl (C=O) groups is 3. The summed E-state index contributed by atoms with van der Waals surface area (Å²) >= 11 is 0. The Labute approximate surface area is 100.0 Å². The Kier molecular flexibility index (Phi) is 4.09. The fourth-order valence-corrected chi connectivity index (χ4v) is 1.85. The highest BCUT2D eigenvalue weighted by Gasteiger charge is 2.49. The molecule has 0 aliphatic heterocycles. The van der Waals surface area contributed by atoms with Crippen LogP contribution in [0.4, 0.5) is 0 Å². The topological polar surface area (TPSA) is 86.7 Å². The van der Waals surface area contributed by atoms with Gasteiger partial charge in [0.25, 0.3) is 0 Å². The van der Waals surface area contributed by atoms with E-state index >= 15 is 0 Å². The molecule has 1 saturated carbocycles. The maximum absolute atomic E-state index is 11.8. The van der Waals surface area contributed by atoms with Crippen LogP contribution in [0, 0.1) is 17.8 Å². The smallest absolute Gasteiger partial charge is 0.307 e. The van der Waals surface area contributed by atoms with E-state index in [1.165, 1.54) is 4.90 Å². The molecule has 0 aromatic heterocycles. The number of aliphatic carboxylic acids is 1. The Hall–Kier alpha value is -1.59. The van der Waals surface area contributed by atoms with Crippen LogP contribution in [-0.2, 0) is 14.4 Å². The molecule has 0 aromatic carbocycles. The molecule has 1 aliphatic carbocycles. The maximum atomic E-state index is 11.8. The SMILES string of the molecule is CNC(=O)C(C)CN(C)C(=O)[C@@H]1C[C@@H]1C(=O)O. The molecule has 1 fully saturated rings. The van der Waals surface area contributed by atoms with Crippen LogP contribution < -0.4 is 5.32 Å². The lowest BCUT2D eigenvalue weighted by molar-refractivity contribution is -0.142. The number of carboxylic acids is 1. The van der Waals surface area contributed by atoms with Crippen LogP contribution in [0.5, 0.6) is 0 Å². The molecule has 96 valence electrons. The minimum Gasteiger partial charge on any atom is -0.481 e. The molecule has 1 unspecified atom stereocenters. The summed E-state index contributed by atoms with van der Waals surface area (Å²) in [6.45, 7) is 2.03. The van der Waals surface area contributed by atoms with Crippen LogP contribution in [0.15, 0.2) is 0 Å². The lowest BCUT2D eigenvalue weighted by atomic mass is 10.1. The van der Waals surface area contributed by atoms with E-state index in [0.717, 1.165) is 0 Å². The summed E-state index contributed by atoms with van der Waals surface area (Å²) in [4.78, 5) is 35.2. The van der Waals surface area contributed by atoms with Gasteiger partial charge < -0.3 is 15.3 Å². The van der Waals surface area contributed by atoms with Gasteiger partial charge in [0, 0.05) is 20.6 Å².